The number of nitrogens with one attached hydrogen (secondary N) is 1. The van der Waals surface area contributed by atoms with Gasteiger partial charge >= 0.3 is 0 Å². The molecule has 2 aromatic rings. The summed E-state index contributed by atoms with van der Waals surface area (Å²) in [5.41, 5.74) is 5.67. The van der Waals surface area contributed by atoms with Gasteiger partial charge in [0.15, 0.2) is 0 Å². The molecule has 1 fully saturated rings. The minimum atomic E-state index is -3.71. The number of benzene rings is 2. The molecule has 0 aromatic heterocycles. The molecule has 0 aliphatic carbocycles. The molecule has 9 heteroatoms. The first kappa shape index (κ1) is 18.9. The number of sulfonamides is 1. The Morgan fingerprint density at radius 1 is 1.04 bits per heavy atom. The number of nitrogens with two attached hydrogens (primary N) is 1. The third kappa shape index (κ3) is 3.93. The number of hydrogen-bond acceptors (Lipinski definition) is 5. The monoisotopic (exact) mass is 389 g/mol. The first-order chi connectivity index (χ1) is 12.8. The normalized spacial score (nSPS) is 14.8. The Morgan fingerprint density at radius 2 is 1.67 bits per heavy atom. The van der Waals surface area contributed by atoms with Crippen LogP contribution in [0.5, 0.6) is 5.75 Å². The van der Waals surface area contributed by atoms with Crippen LogP contribution in [-0.2, 0) is 10.0 Å². The van der Waals surface area contributed by atoms with Crippen molar-refractivity contribution in [2.75, 3.05) is 18.4 Å². The van der Waals surface area contributed by atoms with Crippen molar-refractivity contribution >= 4 is 27.5 Å². The van der Waals surface area contributed by atoms with Crippen LogP contribution >= 0.6 is 0 Å². The van der Waals surface area contributed by atoms with Gasteiger partial charge in [0.25, 0.3) is 5.91 Å². The number of carbonyl (C=O) groups excluding carboxylic acids is 2. The summed E-state index contributed by atoms with van der Waals surface area (Å²) >= 11 is 0. The third-order valence-corrected chi connectivity index (χ3v) is 6.24. The van der Waals surface area contributed by atoms with Gasteiger partial charge in [0.2, 0.25) is 15.9 Å². The summed E-state index contributed by atoms with van der Waals surface area (Å²) in [7, 11) is -3.71. The molecule has 0 unspecified atom stereocenters. The van der Waals surface area contributed by atoms with E-state index in [2.05, 4.69) is 5.32 Å². The molecule has 3 rings (SSSR count). The van der Waals surface area contributed by atoms with Crippen LogP contribution in [0.1, 0.15) is 33.6 Å². The third-order valence-electron chi connectivity index (χ3n) is 4.34. The summed E-state index contributed by atoms with van der Waals surface area (Å²) in [5, 5.41) is 12.6. The second-order valence-corrected chi connectivity index (χ2v) is 8.12. The van der Waals surface area contributed by atoms with Gasteiger partial charge in [0, 0.05) is 24.3 Å². The van der Waals surface area contributed by atoms with E-state index in [9.17, 15) is 23.1 Å². The molecule has 8 nitrogen and oxygen atoms in total. The second kappa shape index (κ2) is 7.37. The van der Waals surface area contributed by atoms with E-state index in [0.717, 1.165) is 18.9 Å². The van der Waals surface area contributed by atoms with Crippen LogP contribution in [0.2, 0.25) is 0 Å². The topological polar surface area (TPSA) is 130 Å². The van der Waals surface area contributed by atoms with Crippen LogP contribution in [0, 0.1) is 0 Å². The standard InChI is InChI=1S/C18H19N3O5S/c19-17(23)12-3-5-13(6-4-12)20-18(24)15-11-14(7-8-16(15)22)27(25,26)21-9-1-2-10-21/h3-8,11,22H,1-2,9-10H2,(H2,19,23)(H,20,24). The van der Waals surface area contributed by atoms with Crippen molar-refractivity contribution in [1.82, 2.24) is 4.31 Å². The molecule has 1 saturated heterocycles. The van der Waals surface area contributed by atoms with Crippen molar-refractivity contribution < 1.29 is 23.1 Å². The van der Waals surface area contributed by atoms with Gasteiger partial charge in [-0.2, -0.15) is 4.31 Å². The Hall–Kier alpha value is -2.91. The maximum absolute atomic E-state index is 12.6. The minimum Gasteiger partial charge on any atom is -0.507 e. The van der Waals surface area contributed by atoms with Crippen LogP contribution < -0.4 is 11.1 Å². The Balaban J connectivity index is 1.85. The highest BCUT2D eigenvalue weighted by atomic mass is 32.2. The summed E-state index contributed by atoms with van der Waals surface area (Å²) in [4.78, 5) is 23.5. The summed E-state index contributed by atoms with van der Waals surface area (Å²) in [6.07, 6.45) is 1.60. The van der Waals surface area contributed by atoms with Crippen molar-refractivity contribution in [1.29, 1.82) is 0 Å². The molecule has 142 valence electrons. The zero-order chi connectivity index (χ0) is 19.6. The van der Waals surface area contributed by atoms with Gasteiger partial charge in [-0.15, -0.1) is 0 Å². The lowest BCUT2D eigenvalue weighted by Gasteiger charge is -2.16. The fourth-order valence-electron chi connectivity index (χ4n) is 2.85. The highest BCUT2D eigenvalue weighted by Crippen LogP contribution is 2.26. The predicted octanol–water partition coefficient (Wildman–Crippen LogP) is 1.53. The minimum absolute atomic E-state index is 0.0450. The van der Waals surface area contributed by atoms with E-state index in [1.807, 2.05) is 0 Å². The highest BCUT2D eigenvalue weighted by molar-refractivity contribution is 7.89. The smallest absolute Gasteiger partial charge is 0.259 e. The molecular weight excluding hydrogens is 370 g/mol. The van der Waals surface area contributed by atoms with Gasteiger partial charge in [-0.25, -0.2) is 8.42 Å². The molecule has 0 spiro atoms. The molecule has 1 aliphatic rings. The zero-order valence-corrected chi connectivity index (χ0v) is 15.2. The van der Waals surface area contributed by atoms with E-state index in [4.69, 9.17) is 5.73 Å². The van der Waals surface area contributed by atoms with E-state index in [1.165, 1.54) is 40.7 Å². The molecule has 0 atom stereocenters. The molecule has 27 heavy (non-hydrogen) atoms. The van der Waals surface area contributed by atoms with Gasteiger partial charge in [0.05, 0.1) is 10.5 Å². The zero-order valence-electron chi connectivity index (χ0n) is 14.4. The van der Waals surface area contributed by atoms with Crippen molar-refractivity contribution in [3.8, 4) is 5.75 Å². The number of rotatable bonds is 5. The molecule has 2 aromatic carbocycles. The van der Waals surface area contributed by atoms with Gasteiger partial charge in [-0.1, -0.05) is 0 Å². The lowest BCUT2D eigenvalue weighted by atomic mass is 10.1. The van der Waals surface area contributed by atoms with E-state index in [1.54, 1.807) is 0 Å². The van der Waals surface area contributed by atoms with Crippen LogP contribution in [-0.4, -0.2) is 42.7 Å². The second-order valence-electron chi connectivity index (χ2n) is 6.19. The van der Waals surface area contributed by atoms with E-state index in [0.29, 0.717) is 18.8 Å². The molecule has 0 radical (unpaired) electrons. The Kier molecular flexibility index (Phi) is 5.15. The Bertz CT molecular complexity index is 981. The summed E-state index contributed by atoms with van der Waals surface area (Å²) in [5.74, 6) is -1.59. The molecule has 2 amide bonds. The van der Waals surface area contributed by atoms with Crippen molar-refractivity contribution in [3.63, 3.8) is 0 Å². The van der Waals surface area contributed by atoms with Crippen LogP contribution in [0.25, 0.3) is 0 Å². The molecule has 1 heterocycles. The molecule has 1 aliphatic heterocycles. The van der Waals surface area contributed by atoms with Crippen molar-refractivity contribution in [2.24, 2.45) is 5.73 Å². The number of carbonyl (C=O) groups is 2. The quantitative estimate of drug-likeness (QED) is 0.714. The molecule has 0 saturated carbocycles. The Morgan fingerprint density at radius 3 is 2.26 bits per heavy atom. The van der Waals surface area contributed by atoms with Gasteiger partial charge in [0.1, 0.15) is 5.75 Å². The van der Waals surface area contributed by atoms with Crippen LogP contribution in [0.3, 0.4) is 0 Å². The number of primary amides is 1. The number of amides is 2. The van der Waals surface area contributed by atoms with E-state index < -0.39 is 21.8 Å². The molecular formula is C18H19N3O5S. The van der Waals surface area contributed by atoms with Crippen LogP contribution in [0.15, 0.2) is 47.4 Å². The fourth-order valence-corrected chi connectivity index (χ4v) is 4.40. The van der Waals surface area contributed by atoms with E-state index in [-0.39, 0.29) is 21.8 Å². The number of phenolic OH excluding ortho intramolecular Hbond substituents is 1. The van der Waals surface area contributed by atoms with Gasteiger partial charge < -0.3 is 16.2 Å². The van der Waals surface area contributed by atoms with E-state index >= 15 is 0 Å². The predicted molar refractivity (Wildman–Crippen MR) is 99.0 cm³/mol. The van der Waals surface area contributed by atoms with Crippen molar-refractivity contribution in [2.45, 2.75) is 17.7 Å². The largest absolute Gasteiger partial charge is 0.507 e. The number of phenols is 1. The SMILES string of the molecule is NC(=O)c1ccc(NC(=O)c2cc(S(=O)(=O)N3CCCC3)ccc2O)cc1. The fraction of sp³-hybridized carbons (Fsp3) is 0.222. The number of aromatic hydroxyl groups is 1. The number of anilines is 1. The van der Waals surface area contributed by atoms with Crippen molar-refractivity contribution in [3.05, 3.63) is 53.6 Å². The van der Waals surface area contributed by atoms with Gasteiger partial charge in [-0.3, -0.25) is 9.59 Å². The first-order valence-corrected chi connectivity index (χ1v) is 9.77. The summed E-state index contributed by atoms with van der Waals surface area (Å²) in [6.45, 7) is 0.883. The number of hydrogen-bond donors (Lipinski definition) is 3. The lowest BCUT2D eigenvalue weighted by Crippen LogP contribution is -2.28. The summed E-state index contributed by atoms with van der Waals surface area (Å²) < 4.78 is 26.7. The Labute approximate surface area is 156 Å². The summed E-state index contributed by atoms with van der Waals surface area (Å²) in [6, 6.07) is 9.50. The highest BCUT2D eigenvalue weighted by Gasteiger charge is 2.28. The lowest BCUT2D eigenvalue weighted by molar-refractivity contribution is 0.0998. The van der Waals surface area contributed by atoms with Gasteiger partial charge in [-0.05, 0) is 55.3 Å². The molecule has 0 bridgehead atoms. The maximum Gasteiger partial charge on any atom is 0.259 e. The average Bonchev–Trinajstić information content (AvgIpc) is 3.18. The van der Waals surface area contributed by atoms with Crippen LogP contribution in [0.4, 0.5) is 5.69 Å². The first-order valence-electron chi connectivity index (χ1n) is 8.33. The number of nitrogens with zero attached hydrogens (tertiary/aromatic N) is 1. The maximum atomic E-state index is 12.6. The molecule has 4 N–H and O–H groups in total. The average molecular weight is 389 g/mol.